The van der Waals surface area contributed by atoms with Crippen LogP contribution in [0.1, 0.15) is 78.4 Å². The van der Waals surface area contributed by atoms with Crippen LogP contribution in [0.15, 0.2) is 18.2 Å². The lowest BCUT2D eigenvalue weighted by Crippen LogP contribution is -2.60. The molecule has 0 aliphatic carbocycles. The molecule has 1 aromatic rings. The van der Waals surface area contributed by atoms with Crippen LogP contribution in [0.5, 0.6) is 11.5 Å². The minimum Gasteiger partial charge on any atom is -0.490 e. The summed E-state index contributed by atoms with van der Waals surface area (Å²) in [4.78, 5) is 26.5. The Bertz CT molecular complexity index is 910. The molecular formula is C26H37NO6. The highest BCUT2D eigenvalue weighted by molar-refractivity contribution is 5.78. The van der Waals surface area contributed by atoms with Crippen LogP contribution in [0.25, 0.3) is 0 Å². The van der Waals surface area contributed by atoms with Gasteiger partial charge in [0, 0.05) is 24.4 Å². The zero-order valence-electron chi connectivity index (χ0n) is 20.4. The van der Waals surface area contributed by atoms with Crippen LogP contribution in [-0.2, 0) is 14.3 Å². The Hall–Kier alpha value is -2.28. The van der Waals surface area contributed by atoms with Crippen LogP contribution in [0.3, 0.4) is 0 Å². The molecule has 2 fully saturated rings. The Labute approximate surface area is 196 Å². The topological polar surface area (TPSA) is 85.3 Å². The molecule has 0 saturated carbocycles. The number of ether oxygens (including phenoxy) is 3. The minimum absolute atomic E-state index is 0.0200. The summed E-state index contributed by atoms with van der Waals surface area (Å²) in [6.45, 7) is 11.1. The molecule has 0 bridgehead atoms. The van der Waals surface area contributed by atoms with Crippen molar-refractivity contribution in [2.75, 3.05) is 13.2 Å². The summed E-state index contributed by atoms with van der Waals surface area (Å²) in [5.74, 6) is 0.742. The van der Waals surface area contributed by atoms with Gasteiger partial charge in [-0.25, -0.2) is 0 Å². The Morgan fingerprint density at radius 2 is 2.03 bits per heavy atom. The average molecular weight is 460 g/mol. The highest BCUT2D eigenvalue weighted by atomic mass is 16.5. The predicted octanol–water partition coefficient (Wildman–Crippen LogP) is 4.58. The third-order valence-corrected chi connectivity index (χ3v) is 7.35. The van der Waals surface area contributed by atoms with Gasteiger partial charge in [-0.15, -0.1) is 0 Å². The van der Waals surface area contributed by atoms with Crippen molar-refractivity contribution in [2.24, 2.45) is 11.3 Å². The molecule has 7 heteroatoms. The Morgan fingerprint density at radius 3 is 2.73 bits per heavy atom. The summed E-state index contributed by atoms with van der Waals surface area (Å²) in [5.41, 5.74) is -0.0462. The number of carboxylic acids is 1. The van der Waals surface area contributed by atoms with Gasteiger partial charge in [0.2, 0.25) is 5.91 Å². The number of benzene rings is 1. The molecule has 33 heavy (non-hydrogen) atoms. The summed E-state index contributed by atoms with van der Waals surface area (Å²) in [5, 5.41) is 9.21. The fraction of sp³-hybridized carbons (Fsp3) is 0.692. The normalized spacial score (nSPS) is 28.1. The van der Waals surface area contributed by atoms with E-state index in [0.717, 1.165) is 36.3 Å². The van der Waals surface area contributed by atoms with Crippen LogP contribution >= 0.6 is 0 Å². The first-order valence-electron chi connectivity index (χ1n) is 12.1. The molecule has 4 rings (SSSR count). The molecule has 0 radical (unpaired) electrons. The van der Waals surface area contributed by atoms with Gasteiger partial charge in [-0.3, -0.25) is 9.59 Å². The average Bonchev–Trinajstić information content (AvgIpc) is 2.71. The molecule has 0 aromatic heterocycles. The highest BCUT2D eigenvalue weighted by Crippen LogP contribution is 2.54. The van der Waals surface area contributed by atoms with Gasteiger partial charge in [0.25, 0.3) is 0 Å². The maximum Gasteiger partial charge on any atom is 0.303 e. The molecule has 0 unspecified atom stereocenters. The van der Waals surface area contributed by atoms with E-state index in [1.54, 1.807) is 0 Å². The smallest absolute Gasteiger partial charge is 0.303 e. The zero-order valence-corrected chi connectivity index (χ0v) is 20.4. The Balaban J connectivity index is 1.59. The number of fused-ring (bicyclic) bond motifs is 4. The lowest BCUT2D eigenvalue weighted by atomic mass is 9.72. The number of rotatable bonds is 6. The van der Waals surface area contributed by atoms with E-state index >= 15 is 0 Å². The number of hydrogen-bond donors (Lipinski definition) is 1. The number of para-hydroxylation sites is 1. The summed E-state index contributed by atoms with van der Waals surface area (Å²) >= 11 is 0. The number of piperidine rings is 1. The summed E-state index contributed by atoms with van der Waals surface area (Å²) in [6, 6.07) is 5.96. The van der Waals surface area contributed by atoms with E-state index in [0.29, 0.717) is 13.2 Å². The molecule has 1 aromatic carbocycles. The monoisotopic (exact) mass is 459 g/mol. The first-order chi connectivity index (χ1) is 15.5. The van der Waals surface area contributed by atoms with E-state index < -0.39 is 17.0 Å². The van der Waals surface area contributed by atoms with Crippen molar-refractivity contribution >= 4 is 11.9 Å². The van der Waals surface area contributed by atoms with Gasteiger partial charge >= 0.3 is 5.97 Å². The Morgan fingerprint density at radius 1 is 1.27 bits per heavy atom. The third kappa shape index (κ3) is 4.70. The molecule has 3 heterocycles. The van der Waals surface area contributed by atoms with Crippen LogP contribution in [0.4, 0.5) is 0 Å². The van der Waals surface area contributed by atoms with Crippen molar-refractivity contribution in [1.29, 1.82) is 0 Å². The van der Waals surface area contributed by atoms with Gasteiger partial charge in [0.05, 0.1) is 31.3 Å². The molecule has 1 amide bonds. The SMILES string of the molecule is CCOc1cccc2c1OC(C)(C)[C@@H]1C[C@@H]3[C@@H](CCCN3C(=O)CC(C)(C)CC(=O)O)O[C@@H]21. The van der Waals surface area contributed by atoms with Crippen LogP contribution in [-0.4, -0.2) is 52.8 Å². The van der Waals surface area contributed by atoms with Crippen molar-refractivity contribution in [2.45, 2.75) is 90.6 Å². The molecule has 3 aliphatic rings. The summed E-state index contributed by atoms with van der Waals surface area (Å²) in [6.07, 6.45) is 2.64. The maximum absolute atomic E-state index is 13.3. The number of likely N-dealkylation sites (tertiary alicyclic amines) is 1. The second-order valence-electron chi connectivity index (χ2n) is 11.0. The first-order valence-corrected chi connectivity index (χ1v) is 12.1. The first kappa shape index (κ1) is 23.9. The lowest BCUT2D eigenvalue weighted by molar-refractivity contribution is -0.194. The van der Waals surface area contributed by atoms with Crippen molar-refractivity contribution in [3.8, 4) is 11.5 Å². The predicted molar refractivity (Wildman–Crippen MR) is 123 cm³/mol. The zero-order chi connectivity index (χ0) is 24.0. The van der Waals surface area contributed by atoms with Gasteiger partial charge in [0.15, 0.2) is 11.5 Å². The lowest BCUT2D eigenvalue weighted by Gasteiger charge is -2.54. The van der Waals surface area contributed by atoms with E-state index in [4.69, 9.17) is 14.2 Å². The second-order valence-corrected chi connectivity index (χ2v) is 11.0. The van der Waals surface area contributed by atoms with Gasteiger partial charge in [-0.1, -0.05) is 26.0 Å². The Kier molecular flexibility index (Phi) is 6.38. The molecular weight excluding hydrogens is 422 g/mol. The quantitative estimate of drug-likeness (QED) is 0.670. The summed E-state index contributed by atoms with van der Waals surface area (Å²) < 4.78 is 19.1. The van der Waals surface area contributed by atoms with Crippen LogP contribution in [0, 0.1) is 11.3 Å². The molecule has 0 spiro atoms. The largest absolute Gasteiger partial charge is 0.490 e. The third-order valence-electron chi connectivity index (χ3n) is 7.35. The standard InChI is InChI=1S/C26H37NO6/c1-6-31-20-10-7-9-16-23-17(26(4,5)33-24(16)20)13-18-19(32-23)11-8-12-27(18)21(28)14-25(2,3)15-22(29)30/h7,9-10,17-19,23H,6,8,11-15H2,1-5H3,(H,29,30)/t17-,18-,19-,23+/m1/s1. The number of carboxylic acid groups (broad SMARTS) is 1. The van der Waals surface area contributed by atoms with E-state index in [9.17, 15) is 14.7 Å². The number of carbonyl (C=O) groups is 2. The molecule has 7 nitrogen and oxygen atoms in total. The molecule has 182 valence electrons. The van der Waals surface area contributed by atoms with Gasteiger partial charge in [-0.2, -0.15) is 0 Å². The van der Waals surface area contributed by atoms with Crippen molar-refractivity contribution in [3.05, 3.63) is 23.8 Å². The molecule has 1 N–H and O–H groups in total. The van der Waals surface area contributed by atoms with Crippen molar-refractivity contribution in [3.63, 3.8) is 0 Å². The van der Waals surface area contributed by atoms with E-state index in [1.165, 1.54) is 0 Å². The van der Waals surface area contributed by atoms with Gasteiger partial charge in [0.1, 0.15) is 5.60 Å². The van der Waals surface area contributed by atoms with E-state index in [2.05, 4.69) is 19.9 Å². The number of nitrogens with zero attached hydrogens (tertiary/aromatic N) is 1. The number of aliphatic carboxylic acids is 1. The maximum atomic E-state index is 13.3. The van der Waals surface area contributed by atoms with Crippen LogP contribution < -0.4 is 9.47 Å². The van der Waals surface area contributed by atoms with Crippen molar-refractivity contribution < 1.29 is 28.9 Å². The van der Waals surface area contributed by atoms with E-state index in [-0.39, 0.29) is 42.9 Å². The van der Waals surface area contributed by atoms with E-state index in [1.807, 2.05) is 37.8 Å². The number of hydrogen-bond acceptors (Lipinski definition) is 5. The number of carbonyl (C=O) groups excluding carboxylic acids is 1. The minimum atomic E-state index is -0.876. The highest BCUT2D eigenvalue weighted by Gasteiger charge is 2.53. The van der Waals surface area contributed by atoms with Gasteiger partial charge < -0.3 is 24.2 Å². The number of amides is 1. The molecule has 4 atom stereocenters. The van der Waals surface area contributed by atoms with Crippen molar-refractivity contribution in [1.82, 2.24) is 4.90 Å². The van der Waals surface area contributed by atoms with Gasteiger partial charge in [-0.05, 0) is 51.5 Å². The summed E-state index contributed by atoms with van der Waals surface area (Å²) in [7, 11) is 0. The second kappa shape index (κ2) is 8.82. The molecule has 2 saturated heterocycles. The fourth-order valence-corrected chi connectivity index (χ4v) is 5.83. The molecule has 3 aliphatic heterocycles. The van der Waals surface area contributed by atoms with Crippen LogP contribution in [0.2, 0.25) is 0 Å². The fourth-order valence-electron chi connectivity index (χ4n) is 5.83.